The Morgan fingerprint density at radius 3 is 0.884 bits per heavy atom. The van der Waals surface area contributed by atoms with Gasteiger partial charge in [0.1, 0.15) is 39.3 Å². The number of hydrogen-bond donors (Lipinski definition) is 0. The summed E-state index contributed by atoms with van der Waals surface area (Å²) in [5.41, 5.74) is 29.1. The van der Waals surface area contributed by atoms with Crippen molar-refractivity contribution in [1.82, 2.24) is 48.6 Å². The number of hydrogen-bond acceptors (Lipinski definition) is 10. The summed E-state index contributed by atoms with van der Waals surface area (Å²) in [6.07, 6.45) is 0. The highest BCUT2D eigenvalue weighted by Crippen LogP contribution is 2.44. The van der Waals surface area contributed by atoms with E-state index in [2.05, 4.69) is 353 Å². The summed E-state index contributed by atoms with van der Waals surface area (Å²) in [6, 6.07) is 164. The lowest BCUT2D eigenvalue weighted by Crippen LogP contribution is -2.06. The van der Waals surface area contributed by atoms with Gasteiger partial charge in [0.25, 0.3) is 0 Å². The molecule has 28 rings (SSSR count). The van der Waals surface area contributed by atoms with E-state index in [9.17, 15) is 0 Å². The molecule has 0 N–H and O–H groups in total. The molecule has 9 aromatic heterocycles. The van der Waals surface area contributed by atoms with Gasteiger partial charge in [-0.2, -0.15) is 9.97 Å². The standard InChI is InChI=1S/C46H29N3O.C40H25N3O.C39H24N4O/c1-4-12-30(13-5-1)33-21-24-42-38(26-33)39-27-34(31-14-6-2-7-15-31)22-25-43(39)49(42)46-47-40(32-16-8-3-9-17-32)29-41(48-46)35-20-23-37-36-18-10-11-19-44(36)50-45(37)28-35;1-3-11-26(12-4-1)28-20-22-36-33(23-28)30-15-7-9-17-35(30)43(36)39-25-34(41-40(42-39)27-13-5-2-6-14-27)29-19-21-32-31-16-8-10-18-37(31)44-38(32)24-29;1-3-11-25(12-4-1)27-19-21-30-29-15-7-9-17-33(29)43(34(30)23-27)39-41-37(26-13-5-2-6-14-26)40-38(42-39)28-20-22-32-31-16-8-10-18-35(31)44-36(32)24-28/h1-29H;1-25H;1-24H. The zero-order valence-corrected chi connectivity index (χ0v) is 74.2. The van der Waals surface area contributed by atoms with Crippen LogP contribution in [0.5, 0.6) is 0 Å². The second kappa shape index (κ2) is 33.8. The molecular weight excluding hydrogens is 1690 g/mol. The minimum absolute atomic E-state index is 0.565. The molecule has 0 spiro atoms. The van der Waals surface area contributed by atoms with E-state index in [1.54, 1.807) is 0 Å². The summed E-state index contributed by atoms with van der Waals surface area (Å²) < 4.78 is 25.4. The molecule has 0 unspecified atom stereocenters. The van der Waals surface area contributed by atoms with Crippen LogP contribution in [-0.4, -0.2) is 48.6 Å². The molecule has 19 aromatic carbocycles. The maximum atomic E-state index is 6.29. The van der Waals surface area contributed by atoms with E-state index in [0.29, 0.717) is 29.4 Å². The van der Waals surface area contributed by atoms with E-state index in [1.165, 1.54) is 44.2 Å². The fraction of sp³-hybridized carbons (Fsp3) is 0. The fourth-order valence-corrected chi connectivity index (χ4v) is 19.7. The molecule has 0 aliphatic rings. The Balaban J connectivity index is 0.000000107. The highest BCUT2D eigenvalue weighted by molar-refractivity contribution is 6.15. The molecule has 0 fully saturated rings. The highest BCUT2D eigenvalue weighted by atomic mass is 16.3. The van der Waals surface area contributed by atoms with Crippen LogP contribution in [0.3, 0.4) is 0 Å². The van der Waals surface area contributed by atoms with Gasteiger partial charge in [0.2, 0.25) is 11.9 Å². The van der Waals surface area contributed by atoms with Crippen LogP contribution in [0.15, 0.2) is 486 Å². The number of aromatic nitrogens is 10. The molecule has 0 amide bonds. The molecule has 0 aliphatic heterocycles. The Bertz CT molecular complexity index is 9490. The van der Waals surface area contributed by atoms with E-state index in [4.69, 9.17) is 48.1 Å². The lowest BCUT2D eigenvalue weighted by molar-refractivity contribution is 0.668. The minimum atomic E-state index is 0.565. The van der Waals surface area contributed by atoms with Gasteiger partial charge in [0, 0.05) is 104 Å². The number of fused-ring (bicyclic) bond motifs is 18. The molecule has 0 aliphatic carbocycles. The van der Waals surface area contributed by atoms with Gasteiger partial charge in [-0.25, -0.2) is 24.9 Å². The Labute approximate surface area is 791 Å². The van der Waals surface area contributed by atoms with Gasteiger partial charge in [0.05, 0.1) is 50.2 Å². The molecule has 9 heterocycles. The van der Waals surface area contributed by atoms with Gasteiger partial charge in [-0.05, 0) is 160 Å². The summed E-state index contributed by atoms with van der Waals surface area (Å²) in [5.74, 6) is 3.87. The van der Waals surface area contributed by atoms with E-state index >= 15 is 0 Å². The second-order valence-electron chi connectivity index (χ2n) is 34.6. The monoisotopic (exact) mass is 1770 g/mol. The average Bonchev–Trinajstić information content (AvgIpc) is 1.58. The van der Waals surface area contributed by atoms with Crippen molar-refractivity contribution in [3.05, 3.63) is 473 Å². The van der Waals surface area contributed by atoms with Crippen molar-refractivity contribution in [2.45, 2.75) is 0 Å². The third-order valence-electron chi connectivity index (χ3n) is 26.3. The van der Waals surface area contributed by atoms with Crippen molar-refractivity contribution in [3.63, 3.8) is 0 Å². The molecule has 13 nitrogen and oxygen atoms in total. The van der Waals surface area contributed by atoms with Crippen LogP contribution < -0.4 is 0 Å². The summed E-state index contributed by atoms with van der Waals surface area (Å²) >= 11 is 0. The van der Waals surface area contributed by atoms with Gasteiger partial charge in [-0.1, -0.05) is 352 Å². The predicted octanol–water partition coefficient (Wildman–Crippen LogP) is 32.5. The summed E-state index contributed by atoms with van der Waals surface area (Å²) in [5, 5.41) is 13.5. The smallest absolute Gasteiger partial charge is 0.238 e. The lowest BCUT2D eigenvalue weighted by atomic mass is 10.0. The number of furan rings is 3. The average molecular weight is 1770 g/mol. The van der Waals surface area contributed by atoms with Crippen LogP contribution >= 0.6 is 0 Å². The minimum Gasteiger partial charge on any atom is -0.456 e. The van der Waals surface area contributed by atoms with Gasteiger partial charge >= 0.3 is 0 Å². The van der Waals surface area contributed by atoms with E-state index < -0.39 is 0 Å². The fourth-order valence-electron chi connectivity index (χ4n) is 19.7. The topological polar surface area (TPSA) is 144 Å². The van der Waals surface area contributed by atoms with Crippen LogP contribution in [0.1, 0.15) is 0 Å². The summed E-state index contributed by atoms with van der Waals surface area (Å²) in [6.45, 7) is 0. The van der Waals surface area contributed by atoms with Crippen molar-refractivity contribution in [2.24, 2.45) is 0 Å². The van der Waals surface area contributed by atoms with Crippen LogP contribution in [0.4, 0.5) is 0 Å². The quantitative estimate of drug-likeness (QED) is 0.109. The van der Waals surface area contributed by atoms with Crippen molar-refractivity contribution in [1.29, 1.82) is 0 Å². The highest BCUT2D eigenvalue weighted by Gasteiger charge is 2.25. The number of benzene rings is 19. The summed E-state index contributed by atoms with van der Waals surface area (Å²) in [4.78, 5) is 36.0. The van der Waals surface area contributed by atoms with Gasteiger partial charge in [0.15, 0.2) is 17.5 Å². The van der Waals surface area contributed by atoms with Crippen molar-refractivity contribution in [2.75, 3.05) is 0 Å². The largest absolute Gasteiger partial charge is 0.456 e. The molecule has 646 valence electrons. The summed E-state index contributed by atoms with van der Waals surface area (Å²) in [7, 11) is 0. The van der Waals surface area contributed by atoms with Gasteiger partial charge in [-0.3, -0.25) is 13.7 Å². The van der Waals surface area contributed by atoms with Crippen LogP contribution in [0, 0.1) is 0 Å². The van der Waals surface area contributed by atoms with Gasteiger partial charge in [-0.15, -0.1) is 0 Å². The number of para-hydroxylation sites is 5. The molecule has 0 bridgehead atoms. The number of nitrogens with zero attached hydrogens (tertiary/aromatic N) is 10. The second-order valence-corrected chi connectivity index (χ2v) is 34.6. The van der Waals surface area contributed by atoms with Crippen LogP contribution in [0.2, 0.25) is 0 Å². The third kappa shape index (κ3) is 14.4. The molecule has 0 saturated heterocycles. The Morgan fingerprint density at radius 1 is 0.138 bits per heavy atom. The number of rotatable bonds is 13. The maximum Gasteiger partial charge on any atom is 0.238 e. The van der Waals surface area contributed by atoms with Crippen molar-refractivity contribution < 1.29 is 13.3 Å². The Kier molecular flexibility index (Phi) is 19.6. The van der Waals surface area contributed by atoms with E-state index in [1.807, 2.05) is 133 Å². The lowest BCUT2D eigenvalue weighted by Gasteiger charge is -2.12. The van der Waals surface area contributed by atoms with Crippen LogP contribution in [0.25, 0.3) is 261 Å². The molecule has 28 aromatic rings. The molecule has 0 radical (unpaired) electrons. The van der Waals surface area contributed by atoms with Crippen LogP contribution in [-0.2, 0) is 0 Å². The molecule has 138 heavy (non-hydrogen) atoms. The Morgan fingerprint density at radius 2 is 0.420 bits per heavy atom. The molecule has 0 atom stereocenters. The zero-order valence-electron chi connectivity index (χ0n) is 74.2. The maximum absolute atomic E-state index is 6.29. The molecule has 13 heteroatoms. The third-order valence-corrected chi connectivity index (χ3v) is 26.3. The Hall–Kier alpha value is -18.9. The van der Waals surface area contributed by atoms with E-state index in [-0.39, 0.29) is 0 Å². The normalized spacial score (nSPS) is 11.6. The van der Waals surface area contributed by atoms with Crippen molar-refractivity contribution >= 4 is 131 Å². The van der Waals surface area contributed by atoms with Crippen molar-refractivity contribution in [3.8, 4) is 130 Å². The SMILES string of the molecule is c1ccc(-c2ccc3c(c2)c2cc(-c4ccccc4)ccc2n3-c2nc(-c3ccccc3)cc(-c3ccc4c(c3)oc3ccccc34)n2)cc1.c1ccc(-c2ccc3c(c2)c2ccccc2n3-c2cc(-c3ccc4c(c3)oc3ccccc34)nc(-c3ccccc3)n2)cc1.c1ccc(-c2ccc3c4ccccc4n(-c4nc(-c5ccccc5)nc(-c5ccc6c(c5)oc5ccccc56)n4)c3c2)cc1. The van der Waals surface area contributed by atoms with E-state index in [0.717, 1.165) is 188 Å². The molecule has 0 saturated carbocycles. The first-order chi connectivity index (χ1) is 68.4. The predicted molar refractivity (Wildman–Crippen MR) is 563 cm³/mol. The molecular formula is C125H78N10O3. The van der Waals surface area contributed by atoms with Gasteiger partial charge < -0.3 is 13.3 Å². The first kappa shape index (κ1) is 80.0. The zero-order chi connectivity index (χ0) is 91.1. The first-order valence-electron chi connectivity index (χ1n) is 46.2. The first-order valence-corrected chi connectivity index (χ1v) is 46.2.